The van der Waals surface area contributed by atoms with E-state index in [1.807, 2.05) is 37.3 Å². The Hall–Kier alpha value is -1.06. The summed E-state index contributed by atoms with van der Waals surface area (Å²) in [4.78, 5) is 0. The van der Waals surface area contributed by atoms with E-state index in [0.717, 1.165) is 18.6 Å². The highest BCUT2D eigenvalue weighted by atomic mass is 16.5. The van der Waals surface area contributed by atoms with E-state index in [1.54, 1.807) is 0 Å². The smallest absolute Gasteiger partial charge is 0.147 e. The van der Waals surface area contributed by atoms with E-state index >= 15 is 0 Å². The lowest BCUT2D eigenvalue weighted by Crippen LogP contribution is -2.35. The third kappa shape index (κ3) is 5.20. The maximum Gasteiger partial charge on any atom is 0.147 e. The van der Waals surface area contributed by atoms with Crippen LogP contribution in [0.4, 0.5) is 0 Å². The molecular weight excluding hydrogens is 216 g/mol. The molecule has 0 aliphatic carbocycles. The van der Waals surface area contributed by atoms with Crippen molar-refractivity contribution in [2.75, 3.05) is 13.2 Å². The summed E-state index contributed by atoms with van der Waals surface area (Å²) in [5.74, 6) is 0.762. The molecule has 0 spiro atoms. The van der Waals surface area contributed by atoms with Gasteiger partial charge in [0.2, 0.25) is 0 Å². The molecule has 1 aromatic carbocycles. The number of hydrogen-bond acceptors (Lipinski definition) is 3. The highest BCUT2D eigenvalue weighted by Crippen LogP contribution is 2.14. The molecule has 1 rings (SSSR count). The van der Waals surface area contributed by atoms with Gasteiger partial charge in [0.05, 0.1) is 12.7 Å². The molecule has 96 valence electrons. The minimum absolute atomic E-state index is 0.0395. The van der Waals surface area contributed by atoms with Crippen molar-refractivity contribution < 1.29 is 14.6 Å². The predicted octanol–water partition coefficient (Wildman–Crippen LogP) is 2.63. The first kappa shape index (κ1) is 14.0. The second kappa shape index (κ2) is 8.09. The third-order valence-electron chi connectivity index (χ3n) is 2.61. The molecule has 17 heavy (non-hydrogen) atoms. The molecule has 2 atom stereocenters. The van der Waals surface area contributed by atoms with Crippen molar-refractivity contribution >= 4 is 0 Å². The zero-order valence-corrected chi connectivity index (χ0v) is 10.6. The maximum absolute atomic E-state index is 9.31. The first-order chi connectivity index (χ1) is 8.27. The van der Waals surface area contributed by atoms with Gasteiger partial charge in [0.15, 0.2) is 0 Å². The molecule has 0 amide bonds. The molecule has 0 aliphatic rings. The SMILES string of the molecule is CCCCO[C@@H](C)[C@@H](CO)Oc1ccccc1. The van der Waals surface area contributed by atoms with Crippen LogP contribution >= 0.6 is 0 Å². The van der Waals surface area contributed by atoms with Crippen LogP contribution in [0.5, 0.6) is 5.75 Å². The molecular formula is C14H22O3. The molecule has 0 aliphatic heterocycles. The van der Waals surface area contributed by atoms with Gasteiger partial charge in [0.1, 0.15) is 11.9 Å². The minimum atomic E-state index is -0.311. The van der Waals surface area contributed by atoms with Crippen molar-refractivity contribution in [3.63, 3.8) is 0 Å². The normalized spacial score (nSPS) is 14.3. The zero-order valence-electron chi connectivity index (χ0n) is 10.6. The van der Waals surface area contributed by atoms with Crippen molar-refractivity contribution in [3.8, 4) is 5.75 Å². The quantitative estimate of drug-likeness (QED) is 0.708. The average Bonchev–Trinajstić information content (AvgIpc) is 2.37. The van der Waals surface area contributed by atoms with Gasteiger partial charge in [-0.25, -0.2) is 0 Å². The zero-order chi connectivity index (χ0) is 12.5. The fourth-order valence-electron chi connectivity index (χ4n) is 1.48. The Kier molecular flexibility index (Phi) is 6.67. The van der Waals surface area contributed by atoms with Crippen LogP contribution in [-0.2, 0) is 4.74 Å². The fraction of sp³-hybridized carbons (Fsp3) is 0.571. The van der Waals surface area contributed by atoms with Crippen LogP contribution in [-0.4, -0.2) is 30.5 Å². The van der Waals surface area contributed by atoms with E-state index in [0.29, 0.717) is 6.61 Å². The molecule has 0 unspecified atom stereocenters. The van der Waals surface area contributed by atoms with Crippen LogP contribution in [0.2, 0.25) is 0 Å². The van der Waals surface area contributed by atoms with E-state index in [2.05, 4.69) is 6.92 Å². The molecule has 1 aromatic rings. The Morgan fingerprint density at radius 1 is 1.24 bits per heavy atom. The van der Waals surface area contributed by atoms with Crippen LogP contribution in [0.25, 0.3) is 0 Å². The largest absolute Gasteiger partial charge is 0.485 e. The monoisotopic (exact) mass is 238 g/mol. The van der Waals surface area contributed by atoms with Gasteiger partial charge in [0.25, 0.3) is 0 Å². The van der Waals surface area contributed by atoms with E-state index in [9.17, 15) is 5.11 Å². The van der Waals surface area contributed by atoms with Gasteiger partial charge in [-0.2, -0.15) is 0 Å². The summed E-state index contributed by atoms with van der Waals surface area (Å²) >= 11 is 0. The number of hydrogen-bond donors (Lipinski definition) is 1. The van der Waals surface area contributed by atoms with Gasteiger partial charge in [-0.1, -0.05) is 31.5 Å². The van der Waals surface area contributed by atoms with Crippen molar-refractivity contribution in [1.29, 1.82) is 0 Å². The Morgan fingerprint density at radius 2 is 1.94 bits per heavy atom. The summed E-state index contributed by atoms with van der Waals surface area (Å²) in [5, 5.41) is 9.31. The Bertz CT molecular complexity index is 287. The summed E-state index contributed by atoms with van der Waals surface area (Å²) in [7, 11) is 0. The van der Waals surface area contributed by atoms with Crippen molar-refractivity contribution in [2.24, 2.45) is 0 Å². The second-order valence-electron chi connectivity index (χ2n) is 4.08. The average molecular weight is 238 g/mol. The summed E-state index contributed by atoms with van der Waals surface area (Å²) < 4.78 is 11.3. The predicted molar refractivity (Wildman–Crippen MR) is 68.3 cm³/mol. The molecule has 0 radical (unpaired) electrons. The van der Waals surface area contributed by atoms with E-state index < -0.39 is 0 Å². The van der Waals surface area contributed by atoms with Crippen molar-refractivity contribution in [3.05, 3.63) is 30.3 Å². The van der Waals surface area contributed by atoms with Gasteiger partial charge in [0, 0.05) is 6.61 Å². The summed E-state index contributed by atoms with van der Waals surface area (Å²) in [6, 6.07) is 9.50. The maximum atomic E-state index is 9.31. The molecule has 3 nitrogen and oxygen atoms in total. The number of para-hydroxylation sites is 1. The number of unbranched alkanes of at least 4 members (excludes halogenated alkanes) is 1. The van der Waals surface area contributed by atoms with E-state index in [4.69, 9.17) is 9.47 Å². The lowest BCUT2D eigenvalue weighted by molar-refractivity contribution is -0.0367. The number of rotatable bonds is 8. The number of aliphatic hydroxyl groups excluding tert-OH is 1. The van der Waals surface area contributed by atoms with Gasteiger partial charge in [-0.05, 0) is 25.5 Å². The van der Waals surface area contributed by atoms with Crippen LogP contribution in [0.15, 0.2) is 30.3 Å². The van der Waals surface area contributed by atoms with E-state index in [-0.39, 0.29) is 18.8 Å². The molecule has 0 saturated heterocycles. The van der Waals surface area contributed by atoms with Gasteiger partial charge in [-0.3, -0.25) is 0 Å². The lowest BCUT2D eigenvalue weighted by Gasteiger charge is -2.23. The number of ether oxygens (including phenoxy) is 2. The molecule has 3 heteroatoms. The van der Waals surface area contributed by atoms with Gasteiger partial charge in [-0.15, -0.1) is 0 Å². The topological polar surface area (TPSA) is 38.7 Å². The third-order valence-corrected chi connectivity index (χ3v) is 2.61. The fourth-order valence-corrected chi connectivity index (χ4v) is 1.48. The van der Waals surface area contributed by atoms with Crippen LogP contribution in [0.1, 0.15) is 26.7 Å². The molecule has 0 aromatic heterocycles. The molecule has 0 fully saturated rings. The van der Waals surface area contributed by atoms with Crippen molar-refractivity contribution in [1.82, 2.24) is 0 Å². The van der Waals surface area contributed by atoms with Crippen molar-refractivity contribution in [2.45, 2.75) is 38.9 Å². The molecule has 0 heterocycles. The molecule has 0 bridgehead atoms. The lowest BCUT2D eigenvalue weighted by atomic mass is 10.2. The first-order valence-electron chi connectivity index (χ1n) is 6.22. The van der Waals surface area contributed by atoms with Gasteiger partial charge < -0.3 is 14.6 Å². The highest BCUT2D eigenvalue weighted by molar-refractivity contribution is 5.21. The first-order valence-corrected chi connectivity index (χ1v) is 6.22. The van der Waals surface area contributed by atoms with Crippen LogP contribution in [0.3, 0.4) is 0 Å². The minimum Gasteiger partial charge on any atom is -0.485 e. The molecule has 1 N–H and O–H groups in total. The standard InChI is InChI=1S/C14H22O3/c1-3-4-10-16-12(2)14(11-15)17-13-8-6-5-7-9-13/h5-9,12,14-15H,3-4,10-11H2,1-2H3/t12-,14+/m0/s1. The van der Waals surface area contributed by atoms with Crippen LogP contribution in [0, 0.1) is 0 Å². The Morgan fingerprint density at radius 3 is 2.53 bits per heavy atom. The second-order valence-corrected chi connectivity index (χ2v) is 4.08. The highest BCUT2D eigenvalue weighted by Gasteiger charge is 2.18. The summed E-state index contributed by atoms with van der Waals surface area (Å²) in [6.07, 6.45) is 1.73. The Balaban J connectivity index is 2.42. The number of benzene rings is 1. The number of aliphatic hydroxyl groups is 1. The summed E-state index contributed by atoms with van der Waals surface area (Å²) in [6.45, 7) is 4.73. The van der Waals surface area contributed by atoms with Gasteiger partial charge >= 0.3 is 0 Å². The van der Waals surface area contributed by atoms with E-state index in [1.165, 1.54) is 0 Å². The Labute approximate surface area is 103 Å². The van der Waals surface area contributed by atoms with Crippen LogP contribution < -0.4 is 4.74 Å². The molecule has 0 saturated carbocycles. The summed E-state index contributed by atoms with van der Waals surface area (Å²) in [5.41, 5.74) is 0.